The minimum atomic E-state index is 0.886. The average Bonchev–Trinajstić information content (AvgIpc) is 3.90. The summed E-state index contributed by atoms with van der Waals surface area (Å²) in [5.41, 5.74) is 16.1. The van der Waals surface area contributed by atoms with E-state index in [1.807, 2.05) is 24.3 Å². The lowest BCUT2D eigenvalue weighted by atomic mass is 9.95. The van der Waals surface area contributed by atoms with Crippen LogP contribution in [-0.2, 0) is 0 Å². The Morgan fingerprint density at radius 1 is 0.262 bits per heavy atom. The third-order valence-corrected chi connectivity index (χ3v) is 12.1. The fourth-order valence-electron chi connectivity index (χ4n) is 9.09. The zero-order chi connectivity index (χ0) is 40.3. The van der Waals surface area contributed by atoms with Crippen molar-refractivity contribution in [3.63, 3.8) is 0 Å². The maximum Gasteiger partial charge on any atom is 0.135 e. The second-order valence-electron chi connectivity index (χ2n) is 15.7. The number of rotatable bonds is 7. The number of anilines is 3. The van der Waals surface area contributed by atoms with Crippen LogP contribution in [0.3, 0.4) is 0 Å². The third-order valence-electron chi connectivity index (χ3n) is 12.1. The Labute approximate surface area is 353 Å². The van der Waals surface area contributed by atoms with Crippen LogP contribution in [0.1, 0.15) is 0 Å². The number of para-hydroxylation sites is 3. The van der Waals surface area contributed by atoms with E-state index < -0.39 is 0 Å². The van der Waals surface area contributed by atoms with E-state index in [1.54, 1.807) is 0 Å². The molecule has 286 valence electrons. The van der Waals surface area contributed by atoms with Crippen LogP contribution in [0, 0.1) is 0 Å². The summed E-state index contributed by atoms with van der Waals surface area (Å²) in [4.78, 5) is 2.37. The smallest absolute Gasteiger partial charge is 0.135 e. The first-order chi connectivity index (χ1) is 30.2. The Kier molecular flexibility index (Phi) is 8.17. The molecule has 3 nitrogen and oxygen atoms in total. The highest BCUT2D eigenvalue weighted by Gasteiger charge is 2.19. The quantitative estimate of drug-likeness (QED) is 0.161. The van der Waals surface area contributed by atoms with E-state index in [-0.39, 0.29) is 0 Å². The van der Waals surface area contributed by atoms with Crippen molar-refractivity contribution >= 4 is 71.7 Å². The first-order valence-electron chi connectivity index (χ1n) is 20.7. The van der Waals surface area contributed by atoms with Gasteiger partial charge in [-0.25, -0.2) is 0 Å². The molecular formula is C58H37NO2. The zero-order valence-corrected chi connectivity index (χ0v) is 33.1. The van der Waals surface area contributed by atoms with Crippen LogP contribution in [0.25, 0.3) is 99.2 Å². The van der Waals surface area contributed by atoms with Gasteiger partial charge in [0.05, 0.1) is 5.69 Å². The van der Waals surface area contributed by atoms with Gasteiger partial charge < -0.3 is 13.7 Å². The number of furan rings is 2. The molecule has 12 aromatic rings. The SMILES string of the molecule is c1cc(-c2ccc(N(c3ccc(-c4ccc5oc6ccccc6c5c4)cc3)c3ccccc3-c3ccc4oc5ccccc5c4c3)cc2)cc(-c2cccc3ccccc23)c1. The van der Waals surface area contributed by atoms with E-state index in [4.69, 9.17) is 8.83 Å². The monoisotopic (exact) mass is 779 g/mol. The minimum Gasteiger partial charge on any atom is -0.456 e. The van der Waals surface area contributed by atoms with E-state index >= 15 is 0 Å². The Bertz CT molecular complexity index is 3590. The number of hydrogen-bond acceptors (Lipinski definition) is 3. The highest BCUT2D eigenvalue weighted by molar-refractivity contribution is 6.08. The Morgan fingerprint density at radius 2 is 0.705 bits per heavy atom. The molecule has 0 saturated heterocycles. The second kappa shape index (κ2) is 14.3. The number of nitrogens with zero attached hydrogens (tertiary/aromatic N) is 1. The largest absolute Gasteiger partial charge is 0.456 e. The highest BCUT2D eigenvalue weighted by Crippen LogP contribution is 2.44. The predicted octanol–water partition coefficient (Wildman–Crippen LogP) is 16.8. The number of hydrogen-bond donors (Lipinski definition) is 0. The van der Waals surface area contributed by atoms with Gasteiger partial charge in [0.2, 0.25) is 0 Å². The van der Waals surface area contributed by atoms with Gasteiger partial charge >= 0.3 is 0 Å². The van der Waals surface area contributed by atoms with Crippen molar-refractivity contribution in [2.75, 3.05) is 4.90 Å². The topological polar surface area (TPSA) is 29.5 Å². The molecule has 0 amide bonds. The van der Waals surface area contributed by atoms with Gasteiger partial charge in [-0.1, -0.05) is 152 Å². The number of fused-ring (bicyclic) bond motifs is 7. The summed E-state index contributed by atoms with van der Waals surface area (Å²) in [7, 11) is 0. The molecule has 0 atom stereocenters. The lowest BCUT2D eigenvalue weighted by Crippen LogP contribution is -2.11. The minimum absolute atomic E-state index is 0.886. The summed E-state index contributed by atoms with van der Waals surface area (Å²) in [6, 6.07) is 80.2. The van der Waals surface area contributed by atoms with E-state index in [0.717, 1.165) is 88.8 Å². The first kappa shape index (κ1) is 34.9. The van der Waals surface area contributed by atoms with Crippen LogP contribution >= 0.6 is 0 Å². The molecule has 12 rings (SSSR count). The van der Waals surface area contributed by atoms with Gasteiger partial charge in [-0.05, 0) is 123 Å². The fraction of sp³-hybridized carbons (Fsp3) is 0. The van der Waals surface area contributed by atoms with Crippen molar-refractivity contribution in [1.82, 2.24) is 0 Å². The van der Waals surface area contributed by atoms with E-state index in [9.17, 15) is 0 Å². The van der Waals surface area contributed by atoms with Crippen molar-refractivity contribution in [2.24, 2.45) is 0 Å². The van der Waals surface area contributed by atoms with Gasteiger partial charge in [0.25, 0.3) is 0 Å². The Hall–Kier alpha value is -8.14. The molecule has 0 N–H and O–H groups in total. The predicted molar refractivity (Wildman–Crippen MR) is 255 cm³/mol. The van der Waals surface area contributed by atoms with Gasteiger partial charge in [0, 0.05) is 38.5 Å². The van der Waals surface area contributed by atoms with Gasteiger partial charge in [-0.3, -0.25) is 0 Å². The maximum absolute atomic E-state index is 6.23. The van der Waals surface area contributed by atoms with Crippen LogP contribution in [-0.4, -0.2) is 0 Å². The Morgan fingerprint density at radius 3 is 1.39 bits per heavy atom. The standard InChI is InChI=1S/C58H37NO2/c1-2-15-47-40(11-1)12-10-19-48(47)43-14-9-13-41(35-43)38-23-29-45(30-24-38)59(46-31-25-39(26-32-46)42-27-33-57-52(36-42)50-17-4-7-21-55(50)60-57)54-20-6-3-16-49(54)44-28-34-58-53(37-44)51-18-5-8-22-56(51)61-58/h1-37H. The van der Waals surface area contributed by atoms with Gasteiger partial charge in [0.15, 0.2) is 0 Å². The van der Waals surface area contributed by atoms with Crippen LogP contribution in [0.2, 0.25) is 0 Å². The summed E-state index contributed by atoms with van der Waals surface area (Å²) in [6.45, 7) is 0. The van der Waals surface area contributed by atoms with Crippen LogP contribution in [0.15, 0.2) is 233 Å². The molecule has 0 aliphatic rings. The van der Waals surface area contributed by atoms with E-state index in [2.05, 4.69) is 205 Å². The summed E-state index contributed by atoms with van der Waals surface area (Å²) in [6.07, 6.45) is 0. The molecule has 2 aromatic heterocycles. The number of benzene rings is 10. The molecular weight excluding hydrogens is 743 g/mol. The fourth-order valence-corrected chi connectivity index (χ4v) is 9.09. The molecule has 0 radical (unpaired) electrons. The summed E-state index contributed by atoms with van der Waals surface area (Å²) in [5, 5.41) is 6.98. The highest BCUT2D eigenvalue weighted by atomic mass is 16.3. The first-order valence-corrected chi connectivity index (χ1v) is 20.7. The van der Waals surface area contributed by atoms with Crippen molar-refractivity contribution in [3.05, 3.63) is 224 Å². The normalized spacial score (nSPS) is 11.6. The van der Waals surface area contributed by atoms with Gasteiger partial charge in [0.1, 0.15) is 22.3 Å². The second-order valence-corrected chi connectivity index (χ2v) is 15.7. The summed E-state index contributed by atoms with van der Waals surface area (Å²) >= 11 is 0. The molecule has 0 saturated carbocycles. The maximum atomic E-state index is 6.23. The van der Waals surface area contributed by atoms with E-state index in [1.165, 1.54) is 27.5 Å². The molecule has 0 spiro atoms. The lowest BCUT2D eigenvalue weighted by Gasteiger charge is -2.28. The molecule has 3 heteroatoms. The molecule has 0 bridgehead atoms. The van der Waals surface area contributed by atoms with Crippen molar-refractivity contribution in [2.45, 2.75) is 0 Å². The van der Waals surface area contributed by atoms with Gasteiger partial charge in [-0.15, -0.1) is 0 Å². The van der Waals surface area contributed by atoms with Crippen LogP contribution in [0.5, 0.6) is 0 Å². The van der Waals surface area contributed by atoms with Gasteiger partial charge in [-0.2, -0.15) is 0 Å². The summed E-state index contributed by atoms with van der Waals surface area (Å²) in [5.74, 6) is 0. The third kappa shape index (κ3) is 6.06. The molecule has 0 aliphatic carbocycles. The molecule has 2 heterocycles. The van der Waals surface area contributed by atoms with Crippen LogP contribution in [0.4, 0.5) is 17.1 Å². The molecule has 10 aromatic carbocycles. The van der Waals surface area contributed by atoms with Crippen LogP contribution < -0.4 is 4.90 Å². The molecule has 0 fully saturated rings. The van der Waals surface area contributed by atoms with Crippen molar-refractivity contribution < 1.29 is 8.83 Å². The zero-order valence-electron chi connectivity index (χ0n) is 33.1. The molecule has 0 aliphatic heterocycles. The Balaban J connectivity index is 0.963. The van der Waals surface area contributed by atoms with Crippen molar-refractivity contribution in [1.29, 1.82) is 0 Å². The lowest BCUT2D eigenvalue weighted by molar-refractivity contribution is 0.668. The molecule has 0 unspecified atom stereocenters. The van der Waals surface area contributed by atoms with E-state index in [0.29, 0.717) is 0 Å². The molecule has 61 heavy (non-hydrogen) atoms. The van der Waals surface area contributed by atoms with Crippen molar-refractivity contribution in [3.8, 4) is 44.5 Å². The average molecular weight is 780 g/mol. The summed E-state index contributed by atoms with van der Waals surface area (Å²) < 4.78 is 12.4.